The molecule has 0 spiro atoms. The molecule has 188 valence electrons. The molecule has 1 unspecified atom stereocenters. The van der Waals surface area contributed by atoms with E-state index in [1.54, 1.807) is 31.2 Å². The quantitative estimate of drug-likeness (QED) is 0.345. The number of hydrogen-bond acceptors (Lipinski definition) is 8. The van der Waals surface area contributed by atoms with E-state index in [0.29, 0.717) is 59.3 Å². The van der Waals surface area contributed by atoms with E-state index in [2.05, 4.69) is 30.2 Å². The Hall–Kier alpha value is -3.61. The Bertz CT molecular complexity index is 1500. The van der Waals surface area contributed by atoms with Crippen molar-refractivity contribution in [3.05, 3.63) is 59.5 Å². The molecular weight excluding hydrogens is 487 g/mol. The fraction of sp³-hybridized carbons (Fsp3) is 0.292. The number of ether oxygens (including phenoxy) is 2. The van der Waals surface area contributed by atoms with Crippen LogP contribution in [0.2, 0.25) is 0 Å². The van der Waals surface area contributed by atoms with Crippen molar-refractivity contribution in [3.63, 3.8) is 0 Å². The van der Waals surface area contributed by atoms with Gasteiger partial charge in [0.1, 0.15) is 28.8 Å². The van der Waals surface area contributed by atoms with Crippen molar-refractivity contribution in [1.82, 2.24) is 25.5 Å². The minimum Gasteiger partial charge on any atom is -0.474 e. The van der Waals surface area contributed by atoms with E-state index in [9.17, 15) is 12.8 Å². The first kappa shape index (κ1) is 24.1. The van der Waals surface area contributed by atoms with Crippen LogP contribution in [0.5, 0.6) is 5.88 Å². The standard InChI is InChI=1S/C24H25FN6O4S/c1-14-3-8-19(25)20(11-14)36(32,33)31-17-6-4-16(5-7-17)22-27-23-21(15(2)29-30-23)24(28-22)35-13-18-12-26-9-10-34-18/h3-8,11,18,26,31H,9-10,12-13H2,1-2H3,(H,27,28,29,30). The maximum atomic E-state index is 14.1. The second-order valence-corrected chi connectivity index (χ2v) is 10.2. The van der Waals surface area contributed by atoms with Crippen LogP contribution in [0.15, 0.2) is 47.4 Å². The summed E-state index contributed by atoms with van der Waals surface area (Å²) in [5, 5.41) is 11.1. The summed E-state index contributed by atoms with van der Waals surface area (Å²) in [4.78, 5) is 8.75. The molecule has 3 N–H and O–H groups in total. The van der Waals surface area contributed by atoms with Crippen LogP contribution in [0, 0.1) is 19.7 Å². The van der Waals surface area contributed by atoms with Crippen molar-refractivity contribution in [2.24, 2.45) is 0 Å². The lowest BCUT2D eigenvalue weighted by Crippen LogP contribution is -2.41. The summed E-state index contributed by atoms with van der Waals surface area (Å²) in [6.07, 6.45) is -0.0926. The van der Waals surface area contributed by atoms with Gasteiger partial charge in [-0.25, -0.2) is 17.8 Å². The first-order valence-corrected chi connectivity index (χ1v) is 12.9. The zero-order valence-electron chi connectivity index (χ0n) is 19.7. The summed E-state index contributed by atoms with van der Waals surface area (Å²) in [7, 11) is -4.10. The number of aryl methyl sites for hydroxylation is 2. The number of H-pyrrole nitrogens is 1. The molecule has 0 saturated carbocycles. The molecule has 2 aromatic heterocycles. The van der Waals surface area contributed by atoms with Gasteiger partial charge in [-0.15, -0.1) is 0 Å². The van der Waals surface area contributed by atoms with Crippen molar-refractivity contribution in [1.29, 1.82) is 0 Å². The number of halogens is 1. The van der Waals surface area contributed by atoms with Gasteiger partial charge in [0.25, 0.3) is 10.0 Å². The first-order chi connectivity index (χ1) is 17.3. The van der Waals surface area contributed by atoms with E-state index < -0.39 is 20.7 Å². The molecule has 0 amide bonds. The van der Waals surface area contributed by atoms with Gasteiger partial charge in [0, 0.05) is 24.3 Å². The Labute approximate surface area is 207 Å². The second-order valence-electron chi connectivity index (χ2n) is 8.51. The summed E-state index contributed by atoms with van der Waals surface area (Å²) >= 11 is 0. The molecule has 1 atom stereocenters. The van der Waals surface area contributed by atoms with E-state index in [-0.39, 0.29) is 11.8 Å². The highest BCUT2D eigenvalue weighted by Gasteiger charge is 2.21. The first-order valence-electron chi connectivity index (χ1n) is 11.4. The third-order valence-electron chi connectivity index (χ3n) is 5.75. The topological polar surface area (TPSA) is 131 Å². The Morgan fingerprint density at radius 3 is 2.72 bits per heavy atom. The molecule has 5 rings (SSSR count). The molecule has 3 heterocycles. The van der Waals surface area contributed by atoms with E-state index in [4.69, 9.17) is 9.47 Å². The fourth-order valence-corrected chi connectivity index (χ4v) is 5.11. The van der Waals surface area contributed by atoms with Gasteiger partial charge in [-0.05, 0) is 55.8 Å². The number of aromatic amines is 1. The van der Waals surface area contributed by atoms with Gasteiger partial charge in [-0.2, -0.15) is 10.1 Å². The Morgan fingerprint density at radius 1 is 1.17 bits per heavy atom. The second kappa shape index (κ2) is 9.80. The van der Waals surface area contributed by atoms with Crippen LogP contribution in [0.25, 0.3) is 22.4 Å². The van der Waals surface area contributed by atoms with Crippen molar-refractivity contribution >= 4 is 26.7 Å². The number of rotatable bonds is 7. The highest BCUT2D eigenvalue weighted by molar-refractivity contribution is 7.92. The Morgan fingerprint density at radius 2 is 1.97 bits per heavy atom. The number of aromatic nitrogens is 4. The van der Waals surface area contributed by atoms with Crippen LogP contribution in [-0.2, 0) is 14.8 Å². The summed E-state index contributed by atoms with van der Waals surface area (Å²) in [5.74, 6) is -0.0543. The minimum atomic E-state index is -4.10. The van der Waals surface area contributed by atoms with Gasteiger partial charge >= 0.3 is 0 Å². The summed E-state index contributed by atoms with van der Waals surface area (Å²) in [5.41, 5.74) is 2.78. The lowest BCUT2D eigenvalue weighted by atomic mass is 10.2. The molecule has 12 heteroatoms. The van der Waals surface area contributed by atoms with Crippen molar-refractivity contribution in [3.8, 4) is 17.3 Å². The molecule has 0 radical (unpaired) electrons. The van der Waals surface area contributed by atoms with Crippen LogP contribution in [0.1, 0.15) is 11.3 Å². The minimum absolute atomic E-state index is 0.0926. The van der Waals surface area contributed by atoms with Crippen molar-refractivity contribution in [2.75, 3.05) is 31.0 Å². The number of fused-ring (bicyclic) bond motifs is 1. The summed E-state index contributed by atoms with van der Waals surface area (Å²) < 4.78 is 53.7. The average Bonchev–Trinajstić information content (AvgIpc) is 3.25. The molecule has 1 saturated heterocycles. The molecule has 1 fully saturated rings. The summed E-state index contributed by atoms with van der Waals surface area (Å²) in [6.45, 7) is 5.98. The average molecular weight is 513 g/mol. The van der Waals surface area contributed by atoms with E-state index in [1.165, 1.54) is 12.1 Å². The number of nitrogens with one attached hydrogen (secondary N) is 3. The third-order valence-corrected chi connectivity index (χ3v) is 7.15. The SMILES string of the molecule is Cc1ccc(F)c(S(=O)(=O)Nc2ccc(-c3nc(OCC4CNCCO4)c4c(C)n[nH]c4n3)cc2)c1. The van der Waals surface area contributed by atoms with E-state index >= 15 is 0 Å². The molecule has 36 heavy (non-hydrogen) atoms. The van der Waals surface area contributed by atoms with Gasteiger partial charge in [-0.1, -0.05) is 6.07 Å². The maximum absolute atomic E-state index is 14.1. The lowest BCUT2D eigenvalue weighted by Gasteiger charge is -2.23. The van der Waals surface area contributed by atoms with Crippen molar-refractivity contribution in [2.45, 2.75) is 24.8 Å². The van der Waals surface area contributed by atoms with E-state index in [0.717, 1.165) is 12.6 Å². The van der Waals surface area contributed by atoms with Gasteiger partial charge in [0.15, 0.2) is 11.5 Å². The largest absolute Gasteiger partial charge is 0.474 e. The highest BCUT2D eigenvalue weighted by atomic mass is 32.2. The predicted molar refractivity (Wildman–Crippen MR) is 132 cm³/mol. The molecular formula is C24H25FN6O4S. The van der Waals surface area contributed by atoms with Gasteiger partial charge in [0.05, 0.1) is 12.3 Å². The maximum Gasteiger partial charge on any atom is 0.264 e. The van der Waals surface area contributed by atoms with Crippen LogP contribution in [0.4, 0.5) is 10.1 Å². The number of benzene rings is 2. The van der Waals surface area contributed by atoms with Crippen molar-refractivity contribution < 1.29 is 22.3 Å². The molecule has 0 aliphatic carbocycles. The molecule has 0 bridgehead atoms. The van der Waals surface area contributed by atoms with Crippen LogP contribution >= 0.6 is 0 Å². The Balaban J connectivity index is 1.39. The third kappa shape index (κ3) is 5.01. The number of hydrogen-bond donors (Lipinski definition) is 3. The Kier molecular flexibility index (Phi) is 6.56. The predicted octanol–water partition coefficient (Wildman–Crippen LogP) is 2.94. The number of anilines is 1. The molecule has 2 aromatic carbocycles. The van der Waals surface area contributed by atoms with Crippen LogP contribution < -0.4 is 14.8 Å². The van der Waals surface area contributed by atoms with E-state index in [1.807, 2.05) is 6.92 Å². The van der Waals surface area contributed by atoms with Gasteiger partial charge < -0.3 is 14.8 Å². The number of morpholine rings is 1. The normalized spacial score (nSPS) is 16.2. The smallest absolute Gasteiger partial charge is 0.264 e. The zero-order chi connectivity index (χ0) is 25.3. The van der Waals surface area contributed by atoms with Gasteiger partial charge in [-0.3, -0.25) is 9.82 Å². The fourth-order valence-electron chi connectivity index (χ4n) is 3.89. The molecule has 4 aromatic rings. The van der Waals surface area contributed by atoms with Crippen LogP contribution in [-0.4, -0.2) is 61.0 Å². The molecule has 1 aliphatic rings. The monoisotopic (exact) mass is 512 g/mol. The molecule has 1 aliphatic heterocycles. The zero-order valence-corrected chi connectivity index (χ0v) is 20.5. The van der Waals surface area contributed by atoms with Crippen LogP contribution in [0.3, 0.4) is 0 Å². The van der Waals surface area contributed by atoms with Gasteiger partial charge in [0.2, 0.25) is 5.88 Å². The lowest BCUT2D eigenvalue weighted by molar-refractivity contribution is -0.000388. The highest BCUT2D eigenvalue weighted by Crippen LogP contribution is 2.29. The summed E-state index contributed by atoms with van der Waals surface area (Å²) in [6, 6.07) is 10.4. The number of sulfonamides is 1. The molecule has 10 nitrogen and oxygen atoms in total. The number of nitrogens with zero attached hydrogens (tertiary/aromatic N) is 3.